The number of morpholine rings is 1. The van der Waals surface area contributed by atoms with Gasteiger partial charge in [-0.15, -0.1) is 11.3 Å². The molecule has 7 heteroatoms. The summed E-state index contributed by atoms with van der Waals surface area (Å²) in [4.78, 5) is 17.9. The van der Waals surface area contributed by atoms with Crippen molar-refractivity contribution in [2.24, 2.45) is 0 Å². The molecule has 1 saturated heterocycles. The van der Waals surface area contributed by atoms with E-state index < -0.39 is 0 Å². The molecule has 22 heavy (non-hydrogen) atoms. The second kappa shape index (κ2) is 6.87. The van der Waals surface area contributed by atoms with Gasteiger partial charge in [0.25, 0.3) is 0 Å². The van der Waals surface area contributed by atoms with Crippen LogP contribution in [0.15, 0.2) is 22.2 Å². The van der Waals surface area contributed by atoms with Crippen molar-refractivity contribution in [3.05, 3.63) is 33.5 Å². The lowest BCUT2D eigenvalue weighted by Gasteiger charge is -2.36. The number of nitrogens with one attached hydrogen (secondary N) is 1. The smallest absolute Gasteiger partial charge is 0.223 e. The van der Waals surface area contributed by atoms with Gasteiger partial charge in [-0.1, -0.05) is 0 Å². The molecule has 1 amide bonds. The first-order valence-corrected chi connectivity index (χ1v) is 9.04. The zero-order valence-corrected chi connectivity index (χ0v) is 14.2. The molecule has 1 N–H and O–H groups in total. The van der Waals surface area contributed by atoms with Crippen molar-refractivity contribution in [3.8, 4) is 0 Å². The van der Waals surface area contributed by atoms with E-state index in [1.807, 2.05) is 5.38 Å². The summed E-state index contributed by atoms with van der Waals surface area (Å²) in [5.74, 6) is -0.0848. The fourth-order valence-corrected chi connectivity index (χ4v) is 4.08. The molecule has 0 spiro atoms. The molecular weight excluding hydrogens is 318 g/mol. The number of ether oxygens (including phenoxy) is 1. The van der Waals surface area contributed by atoms with Gasteiger partial charge in [0.2, 0.25) is 5.91 Å². The molecule has 2 aromatic heterocycles. The number of thiazole rings is 1. The van der Waals surface area contributed by atoms with Crippen LogP contribution in [-0.2, 0) is 16.1 Å². The lowest BCUT2D eigenvalue weighted by molar-refractivity contribution is -0.114. The topological polar surface area (TPSA) is 54.5 Å². The number of amides is 1. The number of nitrogens with zero attached hydrogens (tertiary/aromatic N) is 2. The molecular formula is C15H19N3O2S2. The highest BCUT2D eigenvalue weighted by Gasteiger charge is 2.27. The largest absolute Gasteiger partial charge is 0.368 e. The average molecular weight is 337 g/mol. The van der Waals surface area contributed by atoms with Gasteiger partial charge in [0.15, 0.2) is 5.13 Å². The molecule has 0 radical (unpaired) electrons. The molecule has 5 nitrogen and oxygen atoms in total. The molecule has 118 valence electrons. The number of thiophene rings is 1. The van der Waals surface area contributed by atoms with Crippen molar-refractivity contribution >= 4 is 33.7 Å². The molecule has 3 rings (SSSR count). The zero-order chi connectivity index (χ0) is 15.5. The van der Waals surface area contributed by atoms with E-state index in [0.29, 0.717) is 5.13 Å². The number of anilines is 1. The highest BCUT2D eigenvalue weighted by Crippen LogP contribution is 2.28. The van der Waals surface area contributed by atoms with Gasteiger partial charge in [-0.2, -0.15) is 11.3 Å². The lowest BCUT2D eigenvalue weighted by Crippen LogP contribution is -2.42. The number of rotatable bonds is 4. The number of hydrogen-bond acceptors (Lipinski definition) is 6. The average Bonchev–Trinajstić information content (AvgIpc) is 3.09. The summed E-state index contributed by atoms with van der Waals surface area (Å²) in [5.41, 5.74) is 2.24. The fourth-order valence-electron chi connectivity index (χ4n) is 2.63. The van der Waals surface area contributed by atoms with Crippen molar-refractivity contribution in [3.63, 3.8) is 0 Å². The highest BCUT2D eigenvalue weighted by molar-refractivity contribution is 7.13. The third-order valence-electron chi connectivity index (χ3n) is 3.47. The quantitative estimate of drug-likeness (QED) is 0.931. The van der Waals surface area contributed by atoms with Crippen LogP contribution in [-0.4, -0.2) is 35.0 Å². The van der Waals surface area contributed by atoms with Gasteiger partial charge in [-0.3, -0.25) is 9.69 Å². The van der Waals surface area contributed by atoms with Crippen LogP contribution in [0, 0.1) is 0 Å². The Hall–Kier alpha value is -1.28. The van der Waals surface area contributed by atoms with Crippen LogP contribution in [0.2, 0.25) is 0 Å². The minimum Gasteiger partial charge on any atom is -0.368 e. The van der Waals surface area contributed by atoms with Crippen LogP contribution in [0.3, 0.4) is 0 Å². The first-order chi connectivity index (χ1) is 10.6. The zero-order valence-electron chi connectivity index (χ0n) is 12.6. The van der Waals surface area contributed by atoms with Gasteiger partial charge < -0.3 is 10.1 Å². The van der Waals surface area contributed by atoms with Gasteiger partial charge in [0.1, 0.15) is 0 Å². The Bertz CT molecular complexity index is 627. The van der Waals surface area contributed by atoms with Crippen molar-refractivity contribution in [1.29, 1.82) is 0 Å². The van der Waals surface area contributed by atoms with E-state index in [2.05, 4.69) is 39.0 Å². The molecule has 0 saturated carbocycles. The normalized spacial score (nSPS) is 22.6. The van der Waals surface area contributed by atoms with E-state index in [-0.39, 0.29) is 18.1 Å². The first-order valence-electron chi connectivity index (χ1n) is 7.22. The van der Waals surface area contributed by atoms with Gasteiger partial charge in [-0.25, -0.2) is 4.98 Å². The van der Waals surface area contributed by atoms with Crippen LogP contribution >= 0.6 is 22.7 Å². The molecule has 1 aliphatic heterocycles. The molecule has 3 heterocycles. The number of hydrogen-bond donors (Lipinski definition) is 1. The van der Waals surface area contributed by atoms with Crippen LogP contribution in [0.4, 0.5) is 5.13 Å². The summed E-state index contributed by atoms with van der Waals surface area (Å²) < 4.78 is 6.05. The van der Waals surface area contributed by atoms with Gasteiger partial charge in [-0.05, 0) is 29.3 Å². The third kappa shape index (κ3) is 3.92. The predicted molar refractivity (Wildman–Crippen MR) is 89.3 cm³/mol. The molecule has 0 aromatic carbocycles. The molecule has 0 bridgehead atoms. The van der Waals surface area contributed by atoms with E-state index in [1.54, 1.807) is 11.3 Å². The third-order valence-corrected chi connectivity index (χ3v) is 4.98. The van der Waals surface area contributed by atoms with Crippen molar-refractivity contribution < 1.29 is 9.53 Å². The summed E-state index contributed by atoms with van der Waals surface area (Å²) in [6, 6.07) is 2.13. The Kier molecular flexibility index (Phi) is 4.87. The van der Waals surface area contributed by atoms with Crippen LogP contribution in [0.1, 0.15) is 31.2 Å². The molecule has 1 fully saturated rings. The monoisotopic (exact) mass is 337 g/mol. The van der Waals surface area contributed by atoms with Crippen molar-refractivity contribution in [1.82, 2.24) is 9.88 Å². The summed E-state index contributed by atoms with van der Waals surface area (Å²) in [6.45, 7) is 6.15. The number of carbonyl (C=O) groups is 1. The Labute approximate surface area is 137 Å². The van der Waals surface area contributed by atoms with E-state index in [0.717, 1.165) is 25.3 Å². The van der Waals surface area contributed by atoms with Gasteiger partial charge in [0, 0.05) is 31.9 Å². The maximum absolute atomic E-state index is 11.1. The maximum Gasteiger partial charge on any atom is 0.223 e. The van der Waals surface area contributed by atoms with E-state index in [4.69, 9.17) is 4.74 Å². The first kappa shape index (κ1) is 15.6. The Morgan fingerprint density at radius 2 is 2.36 bits per heavy atom. The minimum atomic E-state index is -0.0848. The summed E-state index contributed by atoms with van der Waals surface area (Å²) in [7, 11) is 0. The van der Waals surface area contributed by atoms with Crippen molar-refractivity contribution in [2.75, 3.05) is 18.4 Å². The van der Waals surface area contributed by atoms with E-state index >= 15 is 0 Å². The SMILES string of the molecule is CC(=O)Nc1nc(CN2C[C@@H](c3ccsc3)O[C@@H](C)C2)cs1. The number of carbonyl (C=O) groups excluding carboxylic acids is 1. The molecule has 1 aliphatic rings. The Morgan fingerprint density at radius 3 is 3.09 bits per heavy atom. The second-order valence-electron chi connectivity index (χ2n) is 5.51. The Balaban J connectivity index is 1.64. The summed E-state index contributed by atoms with van der Waals surface area (Å²) in [6.07, 6.45) is 0.329. The van der Waals surface area contributed by atoms with Crippen LogP contribution < -0.4 is 5.32 Å². The fraction of sp³-hybridized carbons (Fsp3) is 0.467. The maximum atomic E-state index is 11.1. The predicted octanol–water partition coefficient (Wildman–Crippen LogP) is 3.13. The molecule has 2 aromatic rings. The van der Waals surface area contributed by atoms with Gasteiger partial charge >= 0.3 is 0 Å². The number of aromatic nitrogens is 1. The minimum absolute atomic E-state index is 0.0848. The second-order valence-corrected chi connectivity index (χ2v) is 7.15. The van der Waals surface area contributed by atoms with Crippen molar-refractivity contribution in [2.45, 2.75) is 32.6 Å². The molecule has 0 unspecified atom stereocenters. The Morgan fingerprint density at radius 1 is 1.50 bits per heavy atom. The van der Waals surface area contributed by atoms with E-state index in [9.17, 15) is 4.79 Å². The molecule has 0 aliphatic carbocycles. The van der Waals surface area contributed by atoms with Crippen LogP contribution in [0.5, 0.6) is 0 Å². The molecule has 2 atom stereocenters. The standard InChI is InChI=1S/C15H19N3O2S2/c1-10-5-18(7-14(20-10)12-3-4-21-8-12)6-13-9-22-15(17-13)16-11(2)19/h3-4,8-10,14H,5-7H2,1-2H3,(H,16,17,19)/t10-,14-/m0/s1. The van der Waals surface area contributed by atoms with Gasteiger partial charge in [0.05, 0.1) is 17.9 Å². The lowest BCUT2D eigenvalue weighted by atomic mass is 10.1. The van der Waals surface area contributed by atoms with Crippen LogP contribution in [0.25, 0.3) is 0 Å². The summed E-state index contributed by atoms with van der Waals surface area (Å²) in [5, 5.41) is 9.64. The van der Waals surface area contributed by atoms with E-state index in [1.165, 1.54) is 23.8 Å². The summed E-state index contributed by atoms with van der Waals surface area (Å²) >= 11 is 3.17. The highest BCUT2D eigenvalue weighted by atomic mass is 32.1.